The molecular weight excluding hydrogens is 316 g/mol. The number of hydrogen-bond donors (Lipinski definition) is 0. The minimum atomic E-state index is -0.317. The molecule has 25 heavy (non-hydrogen) atoms. The van der Waals surface area contributed by atoms with Crippen LogP contribution >= 0.6 is 0 Å². The van der Waals surface area contributed by atoms with Gasteiger partial charge in [0.05, 0.1) is 31.0 Å². The Bertz CT molecular complexity index is 826. The molecule has 2 fully saturated rings. The minimum absolute atomic E-state index is 0.317. The van der Waals surface area contributed by atoms with Crippen molar-refractivity contribution >= 4 is 0 Å². The van der Waals surface area contributed by atoms with Gasteiger partial charge in [-0.15, -0.1) is 0 Å². The predicted molar refractivity (Wildman–Crippen MR) is 93.9 cm³/mol. The Morgan fingerprint density at radius 1 is 1.36 bits per heavy atom. The van der Waals surface area contributed by atoms with Crippen molar-refractivity contribution in [2.45, 2.75) is 31.2 Å². The molecule has 1 atom stereocenters. The molecular formula is C19H22N4O2. The van der Waals surface area contributed by atoms with Gasteiger partial charge in [0, 0.05) is 6.20 Å². The Labute approximate surface area is 146 Å². The molecule has 1 aliphatic heterocycles. The van der Waals surface area contributed by atoms with Crippen LogP contribution in [0.5, 0.6) is 0 Å². The highest BCUT2D eigenvalue weighted by Crippen LogP contribution is 2.51. The van der Waals surface area contributed by atoms with Crippen LogP contribution in [0.4, 0.5) is 0 Å². The lowest BCUT2D eigenvalue weighted by atomic mass is 9.76. The molecule has 6 heteroatoms. The average Bonchev–Trinajstić information content (AvgIpc) is 3.12. The SMILES string of the molecule is C=CC=C(C=C)C(C)(c1noc(-c2cn(C3COC3)cn2)n1)C1CC1. The van der Waals surface area contributed by atoms with E-state index in [1.54, 1.807) is 12.4 Å². The fourth-order valence-electron chi connectivity index (χ4n) is 3.37. The van der Waals surface area contributed by atoms with Gasteiger partial charge in [-0.3, -0.25) is 0 Å². The van der Waals surface area contributed by atoms with E-state index in [4.69, 9.17) is 9.26 Å². The lowest BCUT2D eigenvalue weighted by Gasteiger charge is -2.27. The van der Waals surface area contributed by atoms with Crippen LogP contribution in [0, 0.1) is 5.92 Å². The first-order chi connectivity index (χ1) is 12.2. The Morgan fingerprint density at radius 2 is 2.16 bits per heavy atom. The van der Waals surface area contributed by atoms with Gasteiger partial charge in [-0.2, -0.15) is 4.98 Å². The van der Waals surface area contributed by atoms with E-state index in [9.17, 15) is 0 Å². The second-order valence-electron chi connectivity index (χ2n) is 6.86. The van der Waals surface area contributed by atoms with Gasteiger partial charge in [0.15, 0.2) is 5.82 Å². The summed E-state index contributed by atoms with van der Waals surface area (Å²) in [5.41, 5.74) is 1.44. The zero-order valence-corrected chi connectivity index (χ0v) is 14.4. The van der Waals surface area contributed by atoms with Gasteiger partial charge in [0.1, 0.15) is 5.69 Å². The van der Waals surface area contributed by atoms with Gasteiger partial charge in [-0.1, -0.05) is 36.5 Å². The van der Waals surface area contributed by atoms with Crippen molar-refractivity contribution in [3.05, 3.63) is 55.3 Å². The predicted octanol–water partition coefficient (Wildman–Crippen LogP) is 3.47. The maximum atomic E-state index is 5.54. The van der Waals surface area contributed by atoms with Crippen molar-refractivity contribution < 1.29 is 9.26 Å². The molecule has 2 aromatic heterocycles. The first-order valence-corrected chi connectivity index (χ1v) is 8.58. The summed E-state index contributed by atoms with van der Waals surface area (Å²) in [5.74, 6) is 1.62. The number of rotatable bonds is 7. The smallest absolute Gasteiger partial charge is 0.278 e. The number of hydrogen-bond acceptors (Lipinski definition) is 5. The molecule has 130 valence electrons. The summed E-state index contributed by atoms with van der Waals surface area (Å²) in [4.78, 5) is 9.08. The van der Waals surface area contributed by atoms with Gasteiger partial charge in [0.2, 0.25) is 0 Å². The lowest BCUT2D eigenvalue weighted by Crippen LogP contribution is -2.29. The summed E-state index contributed by atoms with van der Waals surface area (Å²) in [6.07, 6.45) is 11.7. The van der Waals surface area contributed by atoms with E-state index in [0.29, 0.717) is 29.4 Å². The van der Waals surface area contributed by atoms with Crippen molar-refractivity contribution in [2.24, 2.45) is 5.92 Å². The standard InChI is InChI=1S/C19H22N4O2/c1-4-6-13(5-2)19(3,14-7-8-14)18-21-17(25-22-18)16-9-23(12-20-16)15-10-24-11-15/h4-6,9,12,14-15H,1-2,7-8,10-11H2,3H3. The van der Waals surface area contributed by atoms with E-state index in [-0.39, 0.29) is 5.41 Å². The van der Waals surface area contributed by atoms with E-state index in [1.165, 1.54) is 0 Å². The van der Waals surface area contributed by atoms with Crippen LogP contribution in [0.25, 0.3) is 11.6 Å². The quantitative estimate of drug-likeness (QED) is 0.723. The average molecular weight is 338 g/mol. The molecule has 0 bridgehead atoms. The van der Waals surface area contributed by atoms with Gasteiger partial charge in [0.25, 0.3) is 5.89 Å². The molecule has 1 saturated carbocycles. The fraction of sp³-hybridized carbons (Fsp3) is 0.421. The Balaban J connectivity index is 1.66. The third-order valence-electron chi connectivity index (χ3n) is 5.26. The second-order valence-corrected chi connectivity index (χ2v) is 6.86. The zero-order chi connectivity index (χ0) is 17.4. The van der Waals surface area contributed by atoms with Gasteiger partial charge >= 0.3 is 0 Å². The van der Waals surface area contributed by atoms with Gasteiger partial charge in [-0.25, -0.2) is 4.98 Å². The van der Waals surface area contributed by atoms with Crippen molar-refractivity contribution in [3.63, 3.8) is 0 Å². The molecule has 6 nitrogen and oxygen atoms in total. The Hall–Kier alpha value is -2.47. The number of allylic oxidation sites excluding steroid dienone is 4. The van der Waals surface area contributed by atoms with Crippen molar-refractivity contribution in [1.82, 2.24) is 19.7 Å². The molecule has 0 amide bonds. The largest absolute Gasteiger partial charge is 0.377 e. The van der Waals surface area contributed by atoms with Crippen LogP contribution in [0.2, 0.25) is 0 Å². The number of aromatic nitrogens is 4. The molecule has 0 spiro atoms. The summed E-state index contributed by atoms with van der Waals surface area (Å²) < 4.78 is 12.8. The molecule has 0 N–H and O–H groups in total. The number of imidazole rings is 1. The summed E-state index contributed by atoms with van der Waals surface area (Å²) >= 11 is 0. The van der Waals surface area contributed by atoms with E-state index in [2.05, 4.69) is 35.2 Å². The van der Waals surface area contributed by atoms with Gasteiger partial charge in [-0.05, 0) is 31.3 Å². The number of nitrogens with zero attached hydrogens (tertiary/aromatic N) is 4. The van der Waals surface area contributed by atoms with Crippen LogP contribution < -0.4 is 0 Å². The van der Waals surface area contributed by atoms with Crippen LogP contribution in [-0.4, -0.2) is 32.9 Å². The summed E-state index contributed by atoms with van der Waals surface area (Å²) in [5, 5.41) is 4.28. The molecule has 2 aromatic rings. The van der Waals surface area contributed by atoms with Crippen molar-refractivity contribution in [1.29, 1.82) is 0 Å². The minimum Gasteiger partial charge on any atom is -0.377 e. The highest BCUT2D eigenvalue weighted by atomic mass is 16.5. The highest BCUT2D eigenvalue weighted by Gasteiger charge is 2.47. The summed E-state index contributed by atoms with van der Waals surface area (Å²) in [7, 11) is 0. The van der Waals surface area contributed by atoms with E-state index in [1.807, 2.05) is 22.9 Å². The summed E-state index contributed by atoms with van der Waals surface area (Å²) in [6, 6.07) is 0.350. The normalized spacial score (nSPS) is 20.8. The van der Waals surface area contributed by atoms with Crippen LogP contribution in [0.15, 0.2) is 54.0 Å². The molecule has 1 unspecified atom stereocenters. The first kappa shape index (κ1) is 16.0. The maximum Gasteiger partial charge on any atom is 0.278 e. The molecule has 0 radical (unpaired) electrons. The van der Waals surface area contributed by atoms with Crippen molar-refractivity contribution in [3.8, 4) is 11.6 Å². The molecule has 1 saturated heterocycles. The zero-order valence-electron chi connectivity index (χ0n) is 14.4. The first-order valence-electron chi connectivity index (χ1n) is 8.58. The second kappa shape index (κ2) is 6.11. The molecule has 4 rings (SSSR count). The third-order valence-corrected chi connectivity index (χ3v) is 5.26. The van der Waals surface area contributed by atoms with Gasteiger partial charge < -0.3 is 13.8 Å². The topological polar surface area (TPSA) is 66.0 Å². The van der Waals surface area contributed by atoms with Crippen LogP contribution in [-0.2, 0) is 10.2 Å². The Kier molecular flexibility index (Phi) is 3.92. The lowest BCUT2D eigenvalue weighted by molar-refractivity contribution is -0.0233. The van der Waals surface area contributed by atoms with Crippen molar-refractivity contribution in [2.75, 3.05) is 13.2 Å². The Morgan fingerprint density at radius 3 is 2.76 bits per heavy atom. The number of ether oxygens (including phenoxy) is 1. The van der Waals surface area contributed by atoms with Crippen LogP contribution in [0.3, 0.4) is 0 Å². The highest BCUT2D eigenvalue weighted by molar-refractivity contribution is 5.47. The van der Waals surface area contributed by atoms with E-state index < -0.39 is 0 Å². The molecule has 0 aromatic carbocycles. The molecule has 2 aliphatic rings. The monoisotopic (exact) mass is 338 g/mol. The third kappa shape index (κ3) is 2.66. The van der Waals surface area contributed by atoms with E-state index in [0.717, 1.165) is 31.6 Å². The fourth-order valence-corrected chi connectivity index (χ4v) is 3.37. The maximum absolute atomic E-state index is 5.54. The molecule has 3 heterocycles. The van der Waals surface area contributed by atoms with Crippen LogP contribution in [0.1, 0.15) is 31.6 Å². The summed E-state index contributed by atoms with van der Waals surface area (Å²) in [6.45, 7) is 11.4. The molecule has 1 aliphatic carbocycles. The van der Waals surface area contributed by atoms with E-state index >= 15 is 0 Å².